The number of esters is 1. The average Bonchev–Trinajstić information content (AvgIpc) is 2.91. The molecule has 0 bridgehead atoms. The number of nitrogens with one attached hydrogen (secondary N) is 1. The van der Waals surface area contributed by atoms with E-state index >= 15 is 0 Å². The molecule has 1 saturated heterocycles. The van der Waals surface area contributed by atoms with Gasteiger partial charge in [0.25, 0.3) is 11.5 Å². The van der Waals surface area contributed by atoms with Crippen molar-refractivity contribution in [1.82, 2.24) is 15.1 Å². The van der Waals surface area contributed by atoms with Crippen LogP contribution in [0.5, 0.6) is 0 Å². The molecular formula is C18H21N3O4. The maximum Gasteiger partial charge on any atom is 0.360 e. The molecular weight excluding hydrogens is 322 g/mol. The second-order valence-corrected chi connectivity index (χ2v) is 6.23. The van der Waals surface area contributed by atoms with Gasteiger partial charge in [-0.2, -0.15) is 5.10 Å². The first-order valence-electron chi connectivity index (χ1n) is 8.55. The maximum atomic E-state index is 12.5. The van der Waals surface area contributed by atoms with Crippen molar-refractivity contribution in [2.45, 2.75) is 38.7 Å². The number of carbonyl (C=O) groups is 2. The molecule has 0 spiro atoms. The van der Waals surface area contributed by atoms with Crippen LogP contribution in [-0.4, -0.2) is 46.2 Å². The van der Waals surface area contributed by atoms with Crippen LogP contribution in [0.3, 0.4) is 0 Å². The fourth-order valence-electron chi connectivity index (χ4n) is 3.09. The van der Waals surface area contributed by atoms with Gasteiger partial charge in [0.2, 0.25) is 0 Å². The van der Waals surface area contributed by atoms with E-state index in [9.17, 15) is 14.4 Å². The highest BCUT2D eigenvalue weighted by Gasteiger charge is 2.26. The van der Waals surface area contributed by atoms with Gasteiger partial charge in [-0.1, -0.05) is 31.0 Å². The molecule has 1 fully saturated rings. The van der Waals surface area contributed by atoms with Crippen molar-refractivity contribution in [2.24, 2.45) is 0 Å². The minimum atomic E-state index is -0.891. The standard InChI is InChI=1S/C18H21N3O4/c1-12(17(23)21-10-6-2-3-7-11-21)25-18(24)15-13-8-4-5-9-14(13)16(22)20-19-15/h4-5,8-9,12H,2-3,6-7,10-11H2,1H3,(H,20,22)/t12-/m1/s1. The van der Waals surface area contributed by atoms with Gasteiger partial charge in [0, 0.05) is 18.5 Å². The Hall–Kier alpha value is -2.70. The molecule has 1 N–H and O–H groups in total. The van der Waals surface area contributed by atoms with E-state index in [0.29, 0.717) is 23.9 Å². The Morgan fingerprint density at radius 2 is 1.76 bits per heavy atom. The minimum absolute atomic E-state index is 0.00529. The topological polar surface area (TPSA) is 92.4 Å². The van der Waals surface area contributed by atoms with Crippen LogP contribution in [-0.2, 0) is 9.53 Å². The lowest BCUT2D eigenvalue weighted by Crippen LogP contribution is -2.40. The number of likely N-dealkylation sites (tertiary alicyclic amines) is 1. The summed E-state index contributed by atoms with van der Waals surface area (Å²) < 4.78 is 5.33. The van der Waals surface area contributed by atoms with E-state index in [2.05, 4.69) is 10.2 Å². The minimum Gasteiger partial charge on any atom is -0.448 e. The highest BCUT2D eigenvalue weighted by atomic mass is 16.5. The first kappa shape index (κ1) is 17.1. The number of rotatable bonds is 3. The van der Waals surface area contributed by atoms with Crippen LogP contribution in [0.25, 0.3) is 10.8 Å². The van der Waals surface area contributed by atoms with Gasteiger partial charge in [-0.3, -0.25) is 9.59 Å². The van der Waals surface area contributed by atoms with E-state index in [-0.39, 0.29) is 17.2 Å². The molecule has 0 saturated carbocycles. The van der Waals surface area contributed by atoms with Gasteiger partial charge in [-0.05, 0) is 25.8 Å². The number of hydrogen-bond acceptors (Lipinski definition) is 5. The third-order valence-electron chi connectivity index (χ3n) is 4.44. The van der Waals surface area contributed by atoms with E-state index in [0.717, 1.165) is 25.7 Å². The lowest BCUT2D eigenvalue weighted by molar-refractivity contribution is -0.139. The van der Waals surface area contributed by atoms with Crippen molar-refractivity contribution in [2.75, 3.05) is 13.1 Å². The van der Waals surface area contributed by atoms with Gasteiger partial charge < -0.3 is 9.64 Å². The monoisotopic (exact) mass is 343 g/mol. The van der Waals surface area contributed by atoms with E-state index in [1.807, 2.05) is 0 Å². The molecule has 0 unspecified atom stereocenters. The fourth-order valence-corrected chi connectivity index (χ4v) is 3.09. The zero-order valence-electron chi connectivity index (χ0n) is 14.2. The first-order chi connectivity index (χ1) is 12.1. The van der Waals surface area contributed by atoms with Crippen molar-refractivity contribution >= 4 is 22.6 Å². The van der Waals surface area contributed by atoms with Gasteiger partial charge in [-0.15, -0.1) is 0 Å². The van der Waals surface area contributed by atoms with Gasteiger partial charge in [0.05, 0.1) is 5.39 Å². The van der Waals surface area contributed by atoms with Crippen molar-refractivity contribution < 1.29 is 14.3 Å². The Kier molecular flexibility index (Phi) is 5.11. The maximum absolute atomic E-state index is 12.5. The Bertz CT molecular complexity index is 838. The number of carbonyl (C=O) groups excluding carboxylic acids is 2. The summed E-state index contributed by atoms with van der Waals surface area (Å²) in [6.07, 6.45) is 3.28. The van der Waals surface area contributed by atoms with Crippen LogP contribution in [0.1, 0.15) is 43.1 Å². The molecule has 1 aliphatic rings. The van der Waals surface area contributed by atoms with Crippen molar-refractivity contribution in [1.29, 1.82) is 0 Å². The molecule has 2 aromatic rings. The number of hydrogen-bond donors (Lipinski definition) is 1. The molecule has 0 radical (unpaired) electrons. The predicted molar refractivity (Wildman–Crippen MR) is 92.3 cm³/mol. The number of nitrogens with zero attached hydrogens (tertiary/aromatic N) is 2. The van der Waals surface area contributed by atoms with Crippen LogP contribution < -0.4 is 5.56 Å². The summed E-state index contributed by atoms with van der Waals surface area (Å²) >= 11 is 0. The van der Waals surface area contributed by atoms with Gasteiger partial charge in [0.1, 0.15) is 0 Å². The lowest BCUT2D eigenvalue weighted by Gasteiger charge is -2.23. The molecule has 3 rings (SSSR count). The molecule has 1 aliphatic heterocycles. The average molecular weight is 343 g/mol. The smallest absolute Gasteiger partial charge is 0.360 e. The summed E-state index contributed by atoms with van der Waals surface area (Å²) in [5.74, 6) is -0.910. The molecule has 0 aliphatic carbocycles. The SMILES string of the molecule is C[C@@H](OC(=O)c1n[nH]c(=O)c2ccccc12)C(=O)N1CCCCCC1. The zero-order valence-corrected chi connectivity index (χ0v) is 14.2. The zero-order chi connectivity index (χ0) is 17.8. The van der Waals surface area contributed by atoms with E-state index in [1.165, 1.54) is 0 Å². The number of benzene rings is 1. The lowest BCUT2D eigenvalue weighted by atomic mass is 10.1. The van der Waals surface area contributed by atoms with Crippen LogP contribution in [0.15, 0.2) is 29.1 Å². The third-order valence-corrected chi connectivity index (χ3v) is 4.44. The number of H-pyrrole nitrogens is 1. The number of ether oxygens (including phenoxy) is 1. The molecule has 2 heterocycles. The Morgan fingerprint density at radius 1 is 1.12 bits per heavy atom. The van der Waals surface area contributed by atoms with E-state index in [1.54, 1.807) is 36.1 Å². The van der Waals surface area contributed by atoms with Crippen LogP contribution >= 0.6 is 0 Å². The summed E-state index contributed by atoms with van der Waals surface area (Å²) in [4.78, 5) is 38.5. The Labute approximate surface area is 145 Å². The number of amides is 1. The third kappa shape index (κ3) is 3.70. The largest absolute Gasteiger partial charge is 0.448 e. The molecule has 25 heavy (non-hydrogen) atoms. The summed E-state index contributed by atoms with van der Waals surface area (Å²) in [7, 11) is 0. The quantitative estimate of drug-likeness (QED) is 0.859. The van der Waals surface area contributed by atoms with Gasteiger partial charge in [0.15, 0.2) is 11.8 Å². The Balaban J connectivity index is 1.77. The number of fused-ring (bicyclic) bond motifs is 1. The molecule has 132 valence electrons. The van der Waals surface area contributed by atoms with Crippen molar-refractivity contribution in [3.05, 3.63) is 40.3 Å². The normalized spacial score (nSPS) is 16.3. The summed E-state index contributed by atoms with van der Waals surface area (Å²) in [5.41, 5.74) is -0.369. The molecule has 1 aromatic carbocycles. The highest BCUT2D eigenvalue weighted by Crippen LogP contribution is 2.16. The highest BCUT2D eigenvalue weighted by molar-refractivity contribution is 6.02. The van der Waals surface area contributed by atoms with E-state index < -0.39 is 12.1 Å². The second-order valence-electron chi connectivity index (χ2n) is 6.23. The molecule has 1 atom stereocenters. The van der Waals surface area contributed by atoms with Crippen LogP contribution in [0.4, 0.5) is 0 Å². The molecule has 7 nitrogen and oxygen atoms in total. The predicted octanol–water partition coefficient (Wildman–Crippen LogP) is 1.87. The van der Waals surface area contributed by atoms with Crippen LogP contribution in [0.2, 0.25) is 0 Å². The Morgan fingerprint density at radius 3 is 2.44 bits per heavy atom. The molecule has 7 heteroatoms. The first-order valence-corrected chi connectivity index (χ1v) is 8.55. The summed E-state index contributed by atoms with van der Waals surface area (Å²) in [5, 5.41) is 6.87. The number of aromatic nitrogens is 2. The summed E-state index contributed by atoms with van der Waals surface area (Å²) in [6.45, 7) is 2.96. The molecule has 1 amide bonds. The molecule has 1 aromatic heterocycles. The van der Waals surface area contributed by atoms with Crippen LogP contribution in [0, 0.1) is 0 Å². The van der Waals surface area contributed by atoms with E-state index in [4.69, 9.17) is 4.74 Å². The number of aromatic amines is 1. The second kappa shape index (κ2) is 7.46. The van der Waals surface area contributed by atoms with Crippen molar-refractivity contribution in [3.63, 3.8) is 0 Å². The summed E-state index contributed by atoms with van der Waals surface area (Å²) in [6, 6.07) is 6.66. The van der Waals surface area contributed by atoms with Gasteiger partial charge >= 0.3 is 5.97 Å². The fraction of sp³-hybridized carbons (Fsp3) is 0.444. The van der Waals surface area contributed by atoms with Crippen molar-refractivity contribution in [3.8, 4) is 0 Å². The van der Waals surface area contributed by atoms with Gasteiger partial charge in [-0.25, -0.2) is 9.89 Å².